The van der Waals surface area contributed by atoms with Gasteiger partial charge in [-0.15, -0.1) is 0 Å². The molecule has 0 radical (unpaired) electrons. The lowest BCUT2D eigenvalue weighted by molar-refractivity contribution is 0.0953. The van der Waals surface area contributed by atoms with Crippen molar-refractivity contribution < 1.29 is 4.79 Å². The van der Waals surface area contributed by atoms with Crippen LogP contribution in [-0.2, 0) is 12.0 Å². The van der Waals surface area contributed by atoms with Crippen molar-refractivity contribution in [1.29, 1.82) is 0 Å². The largest absolute Gasteiger partial charge is 0.310 e. The van der Waals surface area contributed by atoms with E-state index in [2.05, 4.69) is 31.3 Å². The summed E-state index contributed by atoms with van der Waals surface area (Å²) < 4.78 is 1.53. The number of rotatable bonds is 5. The highest BCUT2D eigenvalue weighted by Crippen LogP contribution is 2.21. The van der Waals surface area contributed by atoms with Crippen LogP contribution < -0.4 is 11.0 Å². The monoisotopic (exact) mass is 401 g/mol. The Morgan fingerprint density at radius 1 is 1.07 bits per heavy atom. The Bertz CT molecular complexity index is 1120. The first-order chi connectivity index (χ1) is 14.2. The first-order valence-corrected chi connectivity index (χ1v) is 9.93. The van der Waals surface area contributed by atoms with Gasteiger partial charge in [-0.2, -0.15) is 5.10 Å². The van der Waals surface area contributed by atoms with Crippen LogP contribution in [0.3, 0.4) is 0 Å². The summed E-state index contributed by atoms with van der Waals surface area (Å²) in [5.41, 5.74) is 6.47. The van der Waals surface area contributed by atoms with Crippen molar-refractivity contribution in [3.63, 3.8) is 0 Å². The number of amides is 1. The summed E-state index contributed by atoms with van der Waals surface area (Å²) in [7, 11) is 0. The molecular formula is C25H27N3O2. The summed E-state index contributed by atoms with van der Waals surface area (Å²) in [6.45, 7) is 8.88. The fourth-order valence-corrected chi connectivity index (χ4v) is 3.14. The quantitative estimate of drug-likeness (QED) is 0.513. The molecule has 5 nitrogen and oxygen atoms in total. The van der Waals surface area contributed by atoms with Crippen LogP contribution in [0.4, 0.5) is 0 Å². The fraction of sp³-hybridized carbons (Fsp3) is 0.240. The molecule has 1 N–H and O–H groups in total. The fourth-order valence-electron chi connectivity index (χ4n) is 3.14. The van der Waals surface area contributed by atoms with E-state index >= 15 is 0 Å². The lowest BCUT2D eigenvalue weighted by Gasteiger charge is -2.18. The SMILES string of the molecule is Cc1cccc(Cn2cccc(C(=O)N/N=C\c3ccc(C(C)(C)C)cc3)c2=O)c1. The zero-order valence-electron chi connectivity index (χ0n) is 17.8. The molecule has 0 aliphatic rings. The van der Waals surface area contributed by atoms with Crippen molar-refractivity contribution in [3.05, 3.63) is 105 Å². The number of aromatic nitrogens is 1. The van der Waals surface area contributed by atoms with Crippen molar-refractivity contribution in [2.45, 2.75) is 39.7 Å². The molecule has 154 valence electrons. The van der Waals surface area contributed by atoms with Crippen LogP contribution in [0.2, 0.25) is 0 Å². The predicted octanol–water partition coefficient (Wildman–Crippen LogP) is 4.27. The van der Waals surface area contributed by atoms with Gasteiger partial charge in [0, 0.05) is 6.20 Å². The second-order valence-corrected chi connectivity index (χ2v) is 8.42. The van der Waals surface area contributed by atoms with Crippen molar-refractivity contribution in [2.24, 2.45) is 5.10 Å². The van der Waals surface area contributed by atoms with Gasteiger partial charge in [-0.3, -0.25) is 9.59 Å². The van der Waals surface area contributed by atoms with E-state index in [4.69, 9.17) is 0 Å². The first kappa shape index (κ1) is 21.2. The van der Waals surface area contributed by atoms with Crippen molar-refractivity contribution >= 4 is 12.1 Å². The van der Waals surface area contributed by atoms with Crippen molar-refractivity contribution in [3.8, 4) is 0 Å². The van der Waals surface area contributed by atoms with Crippen LogP contribution in [0, 0.1) is 6.92 Å². The Balaban J connectivity index is 1.70. The Kier molecular flexibility index (Phi) is 6.31. The molecular weight excluding hydrogens is 374 g/mol. The van der Waals surface area contributed by atoms with Gasteiger partial charge in [-0.25, -0.2) is 5.43 Å². The highest BCUT2D eigenvalue weighted by Gasteiger charge is 2.13. The molecule has 0 saturated carbocycles. The van der Waals surface area contributed by atoms with Crippen LogP contribution >= 0.6 is 0 Å². The van der Waals surface area contributed by atoms with E-state index in [1.54, 1.807) is 18.5 Å². The molecule has 1 aromatic heterocycles. The van der Waals surface area contributed by atoms with E-state index in [1.807, 2.05) is 55.5 Å². The summed E-state index contributed by atoms with van der Waals surface area (Å²) in [4.78, 5) is 25.2. The number of carbonyl (C=O) groups excluding carboxylic acids is 1. The van der Waals surface area contributed by atoms with E-state index in [-0.39, 0.29) is 16.5 Å². The van der Waals surface area contributed by atoms with E-state index < -0.39 is 5.91 Å². The Morgan fingerprint density at radius 3 is 2.47 bits per heavy atom. The van der Waals surface area contributed by atoms with Crippen LogP contribution in [0.1, 0.15) is 53.4 Å². The molecule has 2 aromatic carbocycles. The standard InChI is InChI=1S/C25H27N3O2/c1-18-7-5-8-20(15-18)17-28-14-6-9-22(24(28)30)23(29)27-26-16-19-10-12-21(13-11-19)25(2,3)4/h5-16H,17H2,1-4H3,(H,27,29)/b26-16-. The molecule has 30 heavy (non-hydrogen) atoms. The minimum absolute atomic E-state index is 0.0605. The molecule has 0 atom stereocenters. The number of aryl methyl sites for hydroxylation is 1. The third-order valence-corrected chi connectivity index (χ3v) is 4.86. The van der Waals surface area contributed by atoms with E-state index in [0.717, 1.165) is 16.7 Å². The maximum absolute atomic E-state index is 12.7. The van der Waals surface area contributed by atoms with Gasteiger partial charge >= 0.3 is 0 Å². The third kappa shape index (κ3) is 5.32. The van der Waals surface area contributed by atoms with Crippen LogP contribution in [0.5, 0.6) is 0 Å². The molecule has 1 heterocycles. The lowest BCUT2D eigenvalue weighted by atomic mass is 9.87. The molecule has 0 unspecified atom stereocenters. The zero-order chi connectivity index (χ0) is 21.7. The molecule has 0 bridgehead atoms. The Labute approximate surface area is 177 Å². The topological polar surface area (TPSA) is 63.5 Å². The van der Waals surface area contributed by atoms with Crippen molar-refractivity contribution in [2.75, 3.05) is 0 Å². The number of pyridine rings is 1. The number of hydrogen-bond donors (Lipinski definition) is 1. The Hall–Kier alpha value is -3.47. The van der Waals surface area contributed by atoms with Crippen LogP contribution in [0.25, 0.3) is 0 Å². The number of benzene rings is 2. The maximum Gasteiger partial charge on any atom is 0.276 e. The summed E-state index contributed by atoms with van der Waals surface area (Å²) >= 11 is 0. The number of hydrogen-bond acceptors (Lipinski definition) is 3. The van der Waals surface area contributed by atoms with Gasteiger partial charge in [0.05, 0.1) is 12.8 Å². The summed E-state index contributed by atoms with van der Waals surface area (Å²) in [5, 5.41) is 4.00. The van der Waals surface area contributed by atoms with Gasteiger partial charge in [0.2, 0.25) is 0 Å². The maximum atomic E-state index is 12.7. The van der Waals surface area contributed by atoms with E-state index in [9.17, 15) is 9.59 Å². The lowest BCUT2D eigenvalue weighted by Crippen LogP contribution is -2.30. The average Bonchev–Trinajstić information content (AvgIpc) is 2.69. The minimum atomic E-state index is -0.527. The highest BCUT2D eigenvalue weighted by atomic mass is 16.2. The van der Waals surface area contributed by atoms with Gasteiger partial charge < -0.3 is 4.57 Å². The van der Waals surface area contributed by atoms with Crippen molar-refractivity contribution in [1.82, 2.24) is 9.99 Å². The van der Waals surface area contributed by atoms with Gasteiger partial charge in [0.25, 0.3) is 11.5 Å². The van der Waals surface area contributed by atoms with E-state index in [1.165, 1.54) is 16.2 Å². The third-order valence-electron chi connectivity index (χ3n) is 4.86. The van der Waals surface area contributed by atoms with Gasteiger partial charge in [-0.05, 0) is 41.2 Å². The molecule has 1 amide bonds. The minimum Gasteiger partial charge on any atom is -0.310 e. The van der Waals surface area contributed by atoms with Crippen LogP contribution in [0.15, 0.2) is 76.8 Å². The molecule has 0 fully saturated rings. The highest BCUT2D eigenvalue weighted by molar-refractivity contribution is 5.94. The summed E-state index contributed by atoms with van der Waals surface area (Å²) in [6, 6.07) is 19.1. The molecule has 0 aliphatic carbocycles. The normalized spacial score (nSPS) is 11.6. The van der Waals surface area contributed by atoms with Gasteiger partial charge in [-0.1, -0.05) is 74.9 Å². The van der Waals surface area contributed by atoms with Crippen LogP contribution in [-0.4, -0.2) is 16.7 Å². The summed E-state index contributed by atoms with van der Waals surface area (Å²) in [6.07, 6.45) is 3.25. The van der Waals surface area contributed by atoms with Gasteiger partial charge in [0.15, 0.2) is 0 Å². The molecule has 0 aliphatic heterocycles. The second kappa shape index (κ2) is 8.91. The number of nitrogens with one attached hydrogen (secondary N) is 1. The molecule has 5 heteroatoms. The smallest absolute Gasteiger partial charge is 0.276 e. The molecule has 3 aromatic rings. The van der Waals surface area contributed by atoms with E-state index in [0.29, 0.717) is 6.54 Å². The Morgan fingerprint density at radius 2 is 1.80 bits per heavy atom. The molecule has 3 rings (SSSR count). The summed E-state index contributed by atoms with van der Waals surface area (Å²) in [5.74, 6) is -0.527. The first-order valence-electron chi connectivity index (χ1n) is 9.93. The number of carbonyl (C=O) groups is 1. The molecule has 0 saturated heterocycles. The second-order valence-electron chi connectivity index (χ2n) is 8.42. The predicted molar refractivity (Wildman–Crippen MR) is 121 cm³/mol. The molecule has 0 spiro atoms. The average molecular weight is 402 g/mol. The number of hydrazone groups is 1. The zero-order valence-corrected chi connectivity index (χ0v) is 17.8. The van der Waals surface area contributed by atoms with Gasteiger partial charge in [0.1, 0.15) is 5.56 Å². The number of nitrogens with zero attached hydrogens (tertiary/aromatic N) is 2.